The highest BCUT2D eigenvalue weighted by molar-refractivity contribution is 5.50. The molecule has 0 amide bonds. The summed E-state index contributed by atoms with van der Waals surface area (Å²) in [6, 6.07) is 5.25. The molecule has 2 N–H and O–H groups in total. The third kappa shape index (κ3) is 1.50. The predicted molar refractivity (Wildman–Crippen MR) is 62.3 cm³/mol. The van der Waals surface area contributed by atoms with E-state index in [9.17, 15) is 10.1 Å². The lowest BCUT2D eigenvalue weighted by molar-refractivity contribution is -0.385. The lowest BCUT2D eigenvalue weighted by atomic mass is 10.00. The first-order valence-corrected chi connectivity index (χ1v) is 5.36. The Bertz CT molecular complexity index is 454. The lowest BCUT2D eigenvalue weighted by Gasteiger charge is -2.05. The molecular weight excluding hydrogens is 204 g/mol. The third-order valence-electron chi connectivity index (χ3n) is 3.63. The molecule has 1 fully saturated rings. The zero-order valence-electron chi connectivity index (χ0n) is 9.73. The predicted octanol–water partition coefficient (Wildman–Crippen LogP) is 2.35. The monoisotopic (exact) mass is 220 g/mol. The van der Waals surface area contributed by atoms with Gasteiger partial charge in [-0.05, 0) is 18.4 Å². The van der Waals surface area contributed by atoms with E-state index in [1.54, 1.807) is 12.1 Å². The topological polar surface area (TPSA) is 69.2 Å². The minimum Gasteiger partial charge on any atom is -0.327 e. The van der Waals surface area contributed by atoms with Crippen LogP contribution in [0.2, 0.25) is 0 Å². The van der Waals surface area contributed by atoms with Gasteiger partial charge in [0, 0.05) is 23.6 Å². The van der Waals surface area contributed by atoms with E-state index < -0.39 is 0 Å². The number of nitro groups is 1. The zero-order chi connectivity index (χ0) is 12.1. The molecule has 0 aliphatic heterocycles. The average molecular weight is 220 g/mol. The normalized spacial score (nSPS) is 26.5. The van der Waals surface area contributed by atoms with Crippen molar-refractivity contribution in [3.63, 3.8) is 0 Å². The van der Waals surface area contributed by atoms with Gasteiger partial charge in [0.2, 0.25) is 0 Å². The van der Waals surface area contributed by atoms with Crippen molar-refractivity contribution in [1.29, 1.82) is 0 Å². The van der Waals surface area contributed by atoms with Gasteiger partial charge in [-0.3, -0.25) is 10.1 Å². The van der Waals surface area contributed by atoms with Gasteiger partial charge in [-0.2, -0.15) is 0 Å². The van der Waals surface area contributed by atoms with Crippen LogP contribution in [0, 0.1) is 22.5 Å². The van der Waals surface area contributed by atoms with Gasteiger partial charge in [-0.15, -0.1) is 0 Å². The molecule has 1 aromatic rings. The molecule has 16 heavy (non-hydrogen) atoms. The molecular formula is C12H16N2O2. The summed E-state index contributed by atoms with van der Waals surface area (Å²) in [4.78, 5) is 10.6. The van der Waals surface area contributed by atoms with Crippen LogP contribution in [-0.4, -0.2) is 11.0 Å². The molecule has 1 aliphatic carbocycles. The Morgan fingerprint density at radius 3 is 2.44 bits per heavy atom. The number of nitro benzene ring substituents is 1. The Kier molecular flexibility index (Phi) is 2.27. The standard InChI is InChI=1S/C12H16N2O2/c1-7-4-5-9(14(15)16)8(6-7)10-11(13)12(10,2)3/h4-6,10-11H,13H2,1-3H3/t10-,11-/m1/s1. The Morgan fingerprint density at radius 1 is 1.44 bits per heavy atom. The quantitative estimate of drug-likeness (QED) is 0.614. The van der Waals surface area contributed by atoms with Crippen LogP contribution in [0.15, 0.2) is 18.2 Å². The maximum atomic E-state index is 10.9. The molecule has 1 saturated carbocycles. The number of aryl methyl sites for hydroxylation is 1. The Morgan fingerprint density at radius 2 is 2.00 bits per heavy atom. The number of rotatable bonds is 2. The maximum Gasteiger partial charge on any atom is 0.272 e. The van der Waals surface area contributed by atoms with Crippen LogP contribution >= 0.6 is 0 Å². The van der Waals surface area contributed by atoms with Crippen LogP contribution < -0.4 is 5.73 Å². The molecule has 2 atom stereocenters. The van der Waals surface area contributed by atoms with Crippen LogP contribution in [0.3, 0.4) is 0 Å². The minimum absolute atomic E-state index is 0.0213. The van der Waals surface area contributed by atoms with Crippen molar-refractivity contribution in [3.8, 4) is 0 Å². The lowest BCUT2D eigenvalue weighted by Crippen LogP contribution is -2.06. The van der Waals surface area contributed by atoms with E-state index >= 15 is 0 Å². The van der Waals surface area contributed by atoms with Gasteiger partial charge in [0.25, 0.3) is 5.69 Å². The fourth-order valence-electron chi connectivity index (χ4n) is 2.36. The van der Waals surface area contributed by atoms with Crippen molar-refractivity contribution >= 4 is 5.69 Å². The van der Waals surface area contributed by atoms with Crippen LogP contribution in [0.25, 0.3) is 0 Å². The molecule has 0 spiro atoms. The van der Waals surface area contributed by atoms with Crippen molar-refractivity contribution in [2.45, 2.75) is 32.7 Å². The number of nitrogens with zero attached hydrogens (tertiary/aromatic N) is 1. The number of nitrogens with two attached hydrogens (primary N) is 1. The van der Waals surface area contributed by atoms with E-state index in [-0.39, 0.29) is 28.0 Å². The van der Waals surface area contributed by atoms with E-state index in [1.807, 2.05) is 26.8 Å². The summed E-state index contributed by atoms with van der Waals surface area (Å²) in [5, 5.41) is 10.9. The summed E-state index contributed by atoms with van der Waals surface area (Å²) in [6.07, 6.45) is 0. The van der Waals surface area contributed by atoms with E-state index in [2.05, 4.69) is 0 Å². The first-order chi connectivity index (χ1) is 7.35. The van der Waals surface area contributed by atoms with E-state index in [1.165, 1.54) is 0 Å². The Balaban J connectivity index is 2.48. The molecule has 0 saturated heterocycles. The molecule has 0 aromatic heterocycles. The Hall–Kier alpha value is -1.42. The molecule has 0 heterocycles. The van der Waals surface area contributed by atoms with Gasteiger partial charge in [-0.25, -0.2) is 0 Å². The van der Waals surface area contributed by atoms with E-state index in [0.717, 1.165) is 11.1 Å². The molecule has 0 unspecified atom stereocenters. The largest absolute Gasteiger partial charge is 0.327 e. The summed E-state index contributed by atoms with van der Waals surface area (Å²) in [5.41, 5.74) is 7.95. The third-order valence-corrected chi connectivity index (χ3v) is 3.63. The van der Waals surface area contributed by atoms with Gasteiger partial charge in [0.05, 0.1) is 4.92 Å². The van der Waals surface area contributed by atoms with Crippen molar-refractivity contribution in [2.24, 2.45) is 11.1 Å². The van der Waals surface area contributed by atoms with Crippen molar-refractivity contribution in [3.05, 3.63) is 39.4 Å². The van der Waals surface area contributed by atoms with Crippen molar-refractivity contribution < 1.29 is 4.92 Å². The molecule has 1 aliphatic rings. The van der Waals surface area contributed by atoms with Crippen LogP contribution in [-0.2, 0) is 0 Å². The number of hydrogen-bond acceptors (Lipinski definition) is 3. The van der Waals surface area contributed by atoms with Crippen LogP contribution in [0.4, 0.5) is 5.69 Å². The van der Waals surface area contributed by atoms with Crippen LogP contribution in [0.1, 0.15) is 30.9 Å². The molecule has 0 bridgehead atoms. The zero-order valence-corrected chi connectivity index (χ0v) is 9.73. The fraction of sp³-hybridized carbons (Fsp3) is 0.500. The first-order valence-electron chi connectivity index (χ1n) is 5.36. The second-order valence-corrected chi connectivity index (χ2v) is 5.14. The van der Waals surface area contributed by atoms with Crippen molar-refractivity contribution in [1.82, 2.24) is 0 Å². The van der Waals surface area contributed by atoms with Gasteiger partial charge in [0.15, 0.2) is 0 Å². The summed E-state index contributed by atoms with van der Waals surface area (Å²) >= 11 is 0. The first kappa shape index (κ1) is 11.1. The van der Waals surface area contributed by atoms with Gasteiger partial charge >= 0.3 is 0 Å². The summed E-state index contributed by atoms with van der Waals surface area (Å²) in [5.74, 6) is 0.104. The molecule has 0 radical (unpaired) electrons. The van der Waals surface area contributed by atoms with E-state index in [4.69, 9.17) is 5.73 Å². The molecule has 4 nitrogen and oxygen atoms in total. The number of benzene rings is 1. The maximum absolute atomic E-state index is 10.9. The fourth-order valence-corrected chi connectivity index (χ4v) is 2.36. The van der Waals surface area contributed by atoms with Gasteiger partial charge in [-0.1, -0.05) is 25.5 Å². The Labute approximate surface area is 94.6 Å². The number of hydrogen-bond donors (Lipinski definition) is 1. The summed E-state index contributed by atoms with van der Waals surface area (Å²) in [6.45, 7) is 6.04. The highest BCUT2D eigenvalue weighted by Crippen LogP contribution is 2.59. The van der Waals surface area contributed by atoms with E-state index in [0.29, 0.717) is 0 Å². The molecule has 4 heteroatoms. The van der Waals surface area contributed by atoms with Gasteiger partial charge < -0.3 is 5.73 Å². The summed E-state index contributed by atoms with van der Waals surface area (Å²) in [7, 11) is 0. The van der Waals surface area contributed by atoms with Crippen LogP contribution in [0.5, 0.6) is 0 Å². The molecule has 1 aromatic carbocycles. The minimum atomic E-state index is -0.324. The average Bonchev–Trinajstić information content (AvgIpc) is 2.65. The smallest absolute Gasteiger partial charge is 0.272 e. The highest BCUT2D eigenvalue weighted by Gasteiger charge is 2.58. The molecule has 2 rings (SSSR count). The van der Waals surface area contributed by atoms with Gasteiger partial charge in [0.1, 0.15) is 0 Å². The second kappa shape index (κ2) is 3.28. The van der Waals surface area contributed by atoms with Crippen molar-refractivity contribution in [2.75, 3.05) is 0 Å². The summed E-state index contributed by atoms with van der Waals surface area (Å²) < 4.78 is 0. The molecule has 86 valence electrons. The SMILES string of the molecule is Cc1ccc([N+](=O)[O-])c([C@@H]2[C@@H](N)C2(C)C)c1. The highest BCUT2D eigenvalue weighted by atomic mass is 16.6. The second-order valence-electron chi connectivity index (χ2n) is 5.14.